The highest BCUT2D eigenvalue weighted by molar-refractivity contribution is 5.80. The maximum atomic E-state index is 11.6. The Kier molecular flexibility index (Phi) is 4.39. The Bertz CT molecular complexity index is 186. The Morgan fingerprint density at radius 3 is 2.43 bits per heavy atom. The van der Waals surface area contributed by atoms with Crippen molar-refractivity contribution >= 4 is 5.91 Å². The van der Waals surface area contributed by atoms with E-state index in [2.05, 4.69) is 0 Å². The summed E-state index contributed by atoms with van der Waals surface area (Å²) in [4.78, 5) is 13.5. The lowest BCUT2D eigenvalue weighted by molar-refractivity contribution is -0.142. The summed E-state index contributed by atoms with van der Waals surface area (Å²) in [5.41, 5.74) is 0. The smallest absolute Gasteiger partial charge is 0.251 e. The van der Waals surface area contributed by atoms with Gasteiger partial charge in [-0.25, -0.2) is 0 Å². The van der Waals surface area contributed by atoms with Gasteiger partial charge in [-0.1, -0.05) is 19.3 Å². The average Bonchev–Trinajstić information content (AvgIpc) is 2.20. The predicted molar refractivity (Wildman–Crippen MR) is 55.9 cm³/mol. The summed E-state index contributed by atoms with van der Waals surface area (Å²) in [6, 6.07) is 0.371. The lowest BCUT2D eigenvalue weighted by Crippen LogP contribution is -2.45. The van der Waals surface area contributed by atoms with Crippen LogP contribution in [0.15, 0.2) is 0 Å². The molecule has 0 aromatic carbocycles. The van der Waals surface area contributed by atoms with Gasteiger partial charge in [-0.3, -0.25) is 4.79 Å². The van der Waals surface area contributed by atoms with Crippen molar-refractivity contribution in [2.24, 2.45) is 0 Å². The summed E-state index contributed by atoms with van der Waals surface area (Å²) in [5, 5.41) is 9.26. The van der Waals surface area contributed by atoms with Crippen molar-refractivity contribution in [3.63, 3.8) is 0 Å². The zero-order valence-corrected chi connectivity index (χ0v) is 9.20. The van der Waals surface area contributed by atoms with Crippen molar-refractivity contribution in [1.29, 1.82) is 0 Å². The maximum Gasteiger partial charge on any atom is 0.251 e. The molecular formula is C11H21NO2. The van der Waals surface area contributed by atoms with E-state index < -0.39 is 6.10 Å². The van der Waals surface area contributed by atoms with Crippen LogP contribution in [0, 0.1) is 0 Å². The van der Waals surface area contributed by atoms with Crippen LogP contribution in [0.4, 0.5) is 0 Å². The van der Waals surface area contributed by atoms with Crippen LogP contribution in [0.3, 0.4) is 0 Å². The summed E-state index contributed by atoms with van der Waals surface area (Å²) in [5.74, 6) is -0.112. The predicted octanol–water partition coefficient (Wildman–Crippen LogP) is 1.55. The number of carbonyl (C=O) groups excluding carboxylic acids is 1. The highest BCUT2D eigenvalue weighted by Gasteiger charge is 2.26. The zero-order chi connectivity index (χ0) is 10.6. The molecule has 0 heterocycles. The molecule has 3 heteroatoms. The van der Waals surface area contributed by atoms with Crippen LogP contribution < -0.4 is 0 Å². The van der Waals surface area contributed by atoms with E-state index in [4.69, 9.17) is 0 Å². The van der Waals surface area contributed by atoms with Crippen molar-refractivity contribution in [2.75, 3.05) is 6.54 Å². The molecule has 0 spiro atoms. The number of nitrogens with zero attached hydrogens (tertiary/aromatic N) is 1. The molecule has 1 aliphatic carbocycles. The first kappa shape index (κ1) is 11.5. The molecule has 0 bridgehead atoms. The molecule has 1 saturated carbocycles. The first-order valence-corrected chi connectivity index (χ1v) is 5.65. The van der Waals surface area contributed by atoms with Gasteiger partial charge < -0.3 is 10.0 Å². The minimum atomic E-state index is -0.850. The summed E-state index contributed by atoms with van der Waals surface area (Å²) < 4.78 is 0. The Balaban J connectivity index is 2.55. The number of hydrogen-bond acceptors (Lipinski definition) is 2. The van der Waals surface area contributed by atoms with Gasteiger partial charge >= 0.3 is 0 Å². The van der Waals surface area contributed by atoms with Gasteiger partial charge in [-0.05, 0) is 26.7 Å². The third-order valence-corrected chi connectivity index (χ3v) is 3.00. The van der Waals surface area contributed by atoms with Gasteiger partial charge in [0.05, 0.1) is 0 Å². The van der Waals surface area contributed by atoms with Crippen molar-refractivity contribution in [1.82, 2.24) is 4.90 Å². The Morgan fingerprint density at radius 1 is 1.43 bits per heavy atom. The fourth-order valence-electron chi connectivity index (χ4n) is 2.23. The molecule has 1 N–H and O–H groups in total. The summed E-state index contributed by atoms with van der Waals surface area (Å²) in [6.45, 7) is 4.25. The molecule has 1 fully saturated rings. The molecule has 0 saturated heterocycles. The van der Waals surface area contributed by atoms with Crippen LogP contribution in [-0.4, -0.2) is 34.6 Å². The fourth-order valence-corrected chi connectivity index (χ4v) is 2.23. The molecule has 0 aromatic rings. The largest absolute Gasteiger partial charge is 0.384 e. The van der Waals surface area contributed by atoms with Crippen molar-refractivity contribution < 1.29 is 9.90 Å². The monoisotopic (exact) mass is 199 g/mol. The maximum absolute atomic E-state index is 11.6. The average molecular weight is 199 g/mol. The standard InChI is InChI=1S/C11H21NO2/c1-3-12(11(14)9(2)13)10-7-5-4-6-8-10/h9-10,13H,3-8H2,1-2H3/t9-/m1/s1. The van der Waals surface area contributed by atoms with Gasteiger partial charge in [-0.2, -0.15) is 0 Å². The Morgan fingerprint density at radius 2 is 2.00 bits per heavy atom. The lowest BCUT2D eigenvalue weighted by atomic mass is 9.94. The minimum absolute atomic E-state index is 0.112. The molecule has 1 atom stereocenters. The summed E-state index contributed by atoms with van der Waals surface area (Å²) in [6.07, 6.45) is 5.08. The van der Waals surface area contributed by atoms with Crippen LogP contribution in [0.1, 0.15) is 46.0 Å². The molecule has 82 valence electrons. The molecule has 1 amide bonds. The van der Waals surface area contributed by atoms with Crippen LogP contribution in [-0.2, 0) is 4.79 Å². The van der Waals surface area contributed by atoms with E-state index in [1.165, 1.54) is 19.3 Å². The second-order valence-corrected chi connectivity index (χ2v) is 4.09. The highest BCUT2D eigenvalue weighted by atomic mass is 16.3. The molecule has 1 rings (SSSR count). The van der Waals surface area contributed by atoms with E-state index in [-0.39, 0.29) is 5.91 Å². The van der Waals surface area contributed by atoms with E-state index in [1.54, 1.807) is 6.92 Å². The number of likely N-dealkylation sites (N-methyl/N-ethyl adjacent to an activating group) is 1. The van der Waals surface area contributed by atoms with E-state index in [1.807, 2.05) is 11.8 Å². The molecule has 3 nitrogen and oxygen atoms in total. The number of aliphatic hydroxyl groups excluding tert-OH is 1. The van der Waals surface area contributed by atoms with E-state index in [9.17, 15) is 9.90 Å². The van der Waals surface area contributed by atoms with Crippen molar-refractivity contribution in [3.8, 4) is 0 Å². The third-order valence-electron chi connectivity index (χ3n) is 3.00. The van der Waals surface area contributed by atoms with Crippen LogP contribution in [0.5, 0.6) is 0 Å². The molecule has 0 aliphatic heterocycles. The first-order chi connectivity index (χ1) is 6.66. The number of aliphatic hydroxyl groups is 1. The first-order valence-electron chi connectivity index (χ1n) is 5.65. The Hall–Kier alpha value is -0.570. The van der Waals surface area contributed by atoms with Gasteiger partial charge in [0.25, 0.3) is 5.91 Å². The van der Waals surface area contributed by atoms with Crippen LogP contribution >= 0.6 is 0 Å². The third kappa shape index (κ3) is 2.71. The van der Waals surface area contributed by atoms with Crippen LogP contribution in [0.25, 0.3) is 0 Å². The van der Waals surface area contributed by atoms with E-state index in [0.717, 1.165) is 12.8 Å². The molecule has 1 aliphatic rings. The number of rotatable bonds is 3. The van der Waals surface area contributed by atoms with E-state index >= 15 is 0 Å². The van der Waals surface area contributed by atoms with Crippen LogP contribution in [0.2, 0.25) is 0 Å². The second-order valence-electron chi connectivity index (χ2n) is 4.09. The summed E-state index contributed by atoms with van der Waals surface area (Å²) >= 11 is 0. The second kappa shape index (κ2) is 5.35. The normalized spacial score (nSPS) is 20.5. The van der Waals surface area contributed by atoms with Crippen molar-refractivity contribution in [2.45, 2.75) is 58.1 Å². The SMILES string of the molecule is CCN(C(=O)[C@@H](C)O)C1CCCCC1. The summed E-state index contributed by atoms with van der Waals surface area (Å²) in [7, 11) is 0. The number of amides is 1. The zero-order valence-electron chi connectivity index (χ0n) is 9.20. The molecule has 0 unspecified atom stereocenters. The highest BCUT2D eigenvalue weighted by Crippen LogP contribution is 2.22. The molecule has 14 heavy (non-hydrogen) atoms. The fraction of sp³-hybridized carbons (Fsp3) is 0.909. The van der Waals surface area contributed by atoms with E-state index in [0.29, 0.717) is 12.6 Å². The van der Waals surface area contributed by atoms with Gasteiger partial charge in [0.1, 0.15) is 6.10 Å². The molecule has 0 radical (unpaired) electrons. The minimum Gasteiger partial charge on any atom is -0.384 e. The molecule has 0 aromatic heterocycles. The van der Waals surface area contributed by atoms with Gasteiger partial charge in [0.2, 0.25) is 0 Å². The lowest BCUT2D eigenvalue weighted by Gasteiger charge is -2.34. The number of hydrogen-bond donors (Lipinski definition) is 1. The Labute approximate surface area is 86.1 Å². The quantitative estimate of drug-likeness (QED) is 0.749. The van der Waals surface area contributed by atoms with Gasteiger partial charge in [0, 0.05) is 12.6 Å². The topological polar surface area (TPSA) is 40.5 Å². The van der Waals surface area contributed by atoms with Gasteiger partial charge in [-0.15, -0.1) is 0 Å². The van der Waals surface area contributed by atoms with Gasteiger partial charge in [0.15, 0.2) is 0 Å². The molecular weight excluding hydrogens is 178 g/mol. The number of carbonyl (C=O) groups is 1. The van der Waals surface area contributed by atoms with Crippen molar-refractivity contribution in [3.05, 3.63) is 0 Å².